The van der Waals surface area contributed by atoms with Gasteiger partial charge in [0.05, 0.1) is 18.2 Å². The average molecular weight is 280 g/mol. The van der Waals surface area contributed by atoms with Crippen LogP contribution in [0.25, 0.3) is 0 Å². The fourth-order valence-corrected chi connectivity index (χ4v) is 2.34. The number of anilines is 1. The van der Waals surface area contributed by atoms with E-state index in [1.54, 1.807) is 13.0 Å². The number of hydrogen-bond acceptors (Lipinski definition) is 7. The second-order valence-corrected chi connectivity index (χ2v) is 4.67. The third-order valence-corrected chi connectivity index (χ3v) is 3.35. The quantitative estimate of drug-likeness (QED) is 0.860. The molecule has 0 saturated heterocycles. The molecule has 0 aliphatic rings. The van der Waals surface area contributed by atoms with Crippen molar-refractivity contribution in [2.45, 2.75) is 19.3 Å². The number of nitrogens with zero attached hydrogens (tertiary/aromatic N) is 2. The first-order valence-corrected chi connectivity index (χ1v) is 6.32. The van der Waals surface area contributed by atoms with Gasteiger partial charge in [-0.25, -0.2) is 0 Å². The first-order chi connectivity index (χ1) is 9.11. The number of hydrogen-bond donors (Lipinski definition) is 1. The molecule has 1 N–H and O–H groups in total. The Morgan fingerprint density at radius 2 is 2.32 bits per heavy atom. The van der Waals surface area contributed by atoms with Gasteiger partial charge in [0.25, 0.3) is 5.91 Å². The molecular formula is C11H10N3O4S-. The molecule has 0 radical (unpaired) electrons. The van der Waals surface area contributed by atoms with Crippen LogP contribution in [0.3, 0.4) is 0 Å². The number of rotatable bonds is 5. The highest BCUT2D eigenvalue weighted by atomic mass is 32.1. The number of amides is 1. The monoisotopic (exact) mass is 280 g/mol. The number of carbonyl (C=O) groups excluding carboxylic acids is 2. The number of furan rings is 1. The van der Waals surface area contributed by atoms with E-state index in [1.165, 1.54) is 12.3 Å². The molecule has 2 rings (SSSR count). The summed E-state index contributed by atoms with van der Waals surface area (Å²) in [5, 5.41) is 21.3. The molecule has 2 heterocycles. The summed E-state index contributed by atoms with van der Waals surface area (Å²) in [7, 11) is 0. The molecule has 8 heteroatoms. The molecular weight excluding hydrogens is 270 g/mol. The van der Waals surface area contributed by atoms with Crippen LogP contribution in [0.15, 0.2) is 22.8 Å². The Morgan fingerprint density at radius 1 is 1.53 bits per heavy atom. The number of aromatic nitrogens is 2. The molecule has 2 aromatic heterocycles. The van der Waals surface area contributed by atoms with Gasteiger partial charge in [-0.3, -0.25) is 10.1 Å². The first kappa shape index (κ1) is 13.2. The molecule has 1 atom stereocenters. The van der Waals surface area contributed by atoms with Crippen LogP contribution >= 0.6 is 11.3 Å². The molecule has 1 unspecified atom stereocenters. The smallest absolute Gasteiger partial charge is 0.293 e. The van der Waals surface area contributed by atoms with E-state index in [2.05, 4.69) is 15.5 Å². The summed E-state index contributed by atoms with van der Waals surface area (Å²) >= 11 is 1.00. The van der Waals surface area contributed by atoms with Crippen LogP contribution in [0.1, 0.15) is 34.8 Å². The van der Waals surface area contributed by atoms with E-state index in [-0.39, 0.29) is 10.9 Å². The van der Waals surface area contributed by atoms with Crippen LogP contribution in [-0.2, 0) is 4.79 Å². The van der Waals surface area contributed by atoms with Crippen molar-refractivity contribution in [3.63, 3.8) is 0 Å². The number of carboxylic acids is 1. The van der Waals surface area contributed by atoms with Crippen molar-refractivity contribution in [2.75, 3.05) is 5.32 Å². The normalized spacial score (nSPS) is 12.1. The molecule has 0 aromatic carbocycles. The number of aliphatic carboxylic acids is 1. The Morgan fingerprint density at radius 3 is 2.89 bits per heavy atom. The van der Waals surface area contributed by atoms with Crippen LogP contribution < -0.4 is 10.4 Å². The van der Waals surface area contributed by atoms with Gasteiger partial charge in [-0.2, -0.15) is 0 Å². The largest absolute Gasteiger partial charge is 0.549 e. The Kier molecular flexibility index (Phi) is 3.91. The zero-order chi connectivity index (χ0) is 13.8. The van der Waals surface area contributed by atoms with Crippen LogP contribution in [0.4, 0.5) is 5.13 Å². The van der Waals surface area contributed by atoms with Crippen molar-refractivity contribution in [2.24, 2.45) is 0 Å². The third kappa shape index (κ3) is 2.97. The summed E-state index contributed by atoms with van der Waals surface area (Å²) in [5.74, 6) is -2.34. The van der Waals surface area contributed by atoms with E-state index in [9.17, 15) is 14.7 Å². The van der Waals surface area contributed by atoms with Crippen molar-refractivity contribution < 1.29 is 19.1 Å². The molecule has 0 bridgehead atoms. The highest BCUT2D eigenvalue weighted by molar-refractivity contribution is 7.15. The van der Waals surface area contributed by atoms with Gasteiger partial charge in [0.15, 0.2) is 5.76 Å². The van der Waals surface area contributed by atoms with Crippen LogP contribution in [0.2, 0.25) is 0 Å². The predicted octanol–water partition coefficient (Wildman–Crippen LogP) is 0.627. The van der Waals surface area contributed by atoms with E-state index in [1.807, 2.05) is 0 Å². The molecule has 0 aliphatic carbocycles. The third-order valence-electron chi connectivity index (χ3n) is 2.40. The van der Waals surface area contributed by atoms with E-state index in [0.717, 1.165) is 11.3 Å². The van der Waals surface area contributed by atoms with Crippen molar-refractivity contribution in [1.82, 2.24) is 10.2 Å². The van der Waals surface area contributed by atoms with Gasteiger partial charge in [-0.1, -0.05) is 18.3 Å². The van der Waals surface area contributed by atoms with E-state index in [4.69, 9.17) is 4.42 Å². The summed E-state index contributed by atoms with van der Waals surface area (Å²) in [4.78, 5) is 22.5. The van der Waals surface area contributed by atoms with Crippen molar-refractivity contribution in [3.8, 4) is 0 Å². The van der Waals surface area contributed by atoms with Gasteiger partial charge in [0.1, 0.15) is 5.01 Å². The lowest BCUT2D eigenvalue weighted by atomic mass is 10.1. The van der Waals surface area contributed by atoms with Gasteiger partial charge in [0, 0.05) is 0 Å². The molecule has 1 amide bonds. The second-order valence-electron chi connectivity index (χ2n) is 3.66. The molecule has 0 saturated carbocycles. The maximum Gasteiger partial charge on any atom is 0.293 e. The second kappa shape index (κ2) is 5.61. The summed E-state index contributed by atoms with van der Waals surface area (Å²) < 4.78 is 4.92. The lowest BCUT2D eigenvalue weighted by Gasteiger charge is -2.10. The van der Waals surface area contributed by atoms with E-state index >= 15 is 0 Å². The van der Waals surface area contributed by atoms with Crippen molar-refractivity contribution >= 4 is 28.3 Å². The van der Waals surface area contributed by atoms with Crippen LogP contribution in [0, 0.1) is 0 Å². The molecule has 7 nitrogen and oxygen atoms in total. The highest BCUT2D eigenvalue weighted by Gasteiger charge is 2.18. The Bertz CT molecular complexity index is 579. The molecule has 0 fully saturated rings. The fourth-order valence-electron chi connectivity index (χ4n) is 1.43. The minimum atomic E-state index is -1.21. The average Bonchev–Trinajstić information content (AvgIpc) is 3.00. The summed E-state index contributed by atoms with van der Waals surface area (Å²) in [6.45, 7) is 1.71. The minimum absolute atomic E-state index is 0.142. The SMILES string of the molecule is CCC(C(=O)[O-])c1nnc(NC(=O)c2ccco2)s1. The Labute approximate surface area is 112 Å². The topological polar surface area (TPSA) is 108 Å². The molecule has 100 valence electrons. The van der Waals surface area contributed by atoms with Gasteiger partial charge in [-0.05, 0) is 18.6 Å². The Hall–Kier alpha value is -2.22. The summed E-state index contributed by atoms with van der Waals surface area (Å²) in [6, 6.07) is 3.09. The highest BCUT2D eigenvalue weighted by Crippen LogP contribution is 2.25. The van der Waals surface area contributed by atoms with Crippen LogP contribution in [-0.4, -0.2) is 22.1 Å². The van der Waals surface area contributed by atoms with Gasteiger partial charge >= 0.3 is 0 Å². The molecule has 0 spiro atoms. The Balaban J connectivity index is 2.09. The minimum Gasteiger partial charge on any atom is -0.549 e. The zero-order valence-electron chi connectivity index (χ0n) is 9.95. The molecule has 0 aliphatic heterocycles. The van der Waals surface area contributed by atoms with Crippen molar-refractivity contribution in [3.05, 3.63) is 29.2 Å². The van der Waals surface area contributed by atoms with E-state index < -0.39 is 17.8 Å². The molecule has 19 heavy (non-hydrogen) atoms. The van der Waals surface area contributed by atoms with Gasteiger partial charge in [0.2, 0.25) is 5.13 Å². The maximum atomic E-state index is 11.7. The van der Waals surface area contributed by atoms with E-state index in [0.29, 0.717) is 11.4 Å². The number of carbonyl (C=O) groups is 2. The van der Waals surface area contributed by atoms with Crippen molar-refractivity contribution in [1.29, 1.82) is 0 Å². The lowest BCUT2D eigenvalue weighted by Crippen LogP contribution is -2.29. The zero-order valence-corrected chi connectivity index (χ0v) is 10.8. The standard InChI is InChI=1S/C11H11N3O4S/c1-2-6(10(16)17)9-13-14-11(19-9)12-8(15)7-4-3-5-18-7/h3-6H,2H2,1H3,(H,16,17)(H,12,14,15)/p-1. The van der Waals surface area contributed by atoms with Crippen LogP contribution in [0.5, 0.6) is 0 Å². The van der Waals surface area contributed by atoms with Gasteiger partial charge in [-0.15, -0.1) is 10.2 Å². The summed E-state index contributed by atoms with van der Waals surface area (Å²) in [6.07, 6.45) is 1.73. The fraction of sp³-hybridized carbons (Fsp3) is 0.273. The number of carboxylic acid groups (broad SMARTS) is 1. The first-order valence-electron chi connectivity index (χ1n) is 5.51. The lowest BCUT2D eigenvalue weighted by molar-refractivity contribution is -0.308. The predicted molar refractivity (Wildman–Crippen MR) is 64.6 cm³/mol. The van der Waals surface area contributed by atoms with Gasteiger partial charge < -0.3 is 14.3 Å². The number of nitrogens with one attached hydrogen (secondary N) is 1. The maximum absolute atomic E-state index is 11.7. The molecule has 2 aromatic rings. The summed E-state index contributed by atoms with van der Waals surface area (Å²) in [5.41, 5.74) is 0.